The fraction of sp³-hybridized carbons (Fsp3) is 0.333. The number of carboxylic acids is 1. The number of hydrogen-bond acceptors (Lipinski definition) is 3. The average molecular weight is 453 g/mol. The summed E-state index contributed by atoms with van der Waals surface area (Å²) in [5.74, 6) is -0.918. The lowest BCUT2D eigenvalue weighted by Crippen LogP contribution is -2.31. The molecule has 0 amide bonds. The van der Waals surface area contributed by atoms with Crippen LogP contribution >= 0.6 is 0 Å². The number of fused-ring (bicyclic) bond motifs is 3. The highest BCUT2D eigenvalue weighted by Crippen LogP contribution is 2.52. The van der Waals surface area contributed by atoms with Crippen LogP contribution in [-0.2, 0) is 11.8 Å². The zero-order valence-corrected chi connectivity index (χ0v) is 20.2. The molecule has 3 aliphatic rings. The number of carboxylic acid groups (broad SMARTS) is 1. The first kappa shape index (κ1) is 22.4. The summed E-state index contributed by atoms with van der Waals surface area (Å²) >= 11 is 0. The predicted octanol–water partition coefficient (Wildman–Crippen LogP) is 6.91. The van der Waals surface area contributed by atoms with Gasteiger partial charge in [0.1, 0.15) is 0 Å². The zero-order valence-electron chi connectivity index (χ0n) is 20.2. The molecule has 2 aromatic rings. The number of nitrogens with one attached hydrogen (secondary N) is 2. The smallest absolute Gasteiger partial charge is 0.336 e. The second-order valence-corrected chi connectivity index (χ2v) is 10.1. The molecule has 2 aromatic carbocycles. The summed E-state index contributed by atoms with van der Waals surface area (Å²) in [6.07, 6.45) is 9.27. The second-order valence-electron chi connectivity index (χ2n) is 10.1. The Morgan fingerprint density at radius 2 is 1.94 bits per heavy atom. The van der Waals surface area contributed by atoms with Crippen molar-refractivity contribution in [3.8, 4) is 0 Å². The number of aromatic carboxylic acids is 1. The fourth-order valence-corrected chi connectivity index (χ4v) is 5.65. The van der Waals surface area contributed by atoms with Gasteiger partial charge in [0.05, 0.1) is 11.3 Å². The second kappa shape index (κ2) is 8.43. The van der Waals surface area contributed by atoms with Crippen molar-refractivity contribution < 1.29 is 9.90 Å². The summed E-state index contributed by atoms with van der Waals surface area (Å²) in [4.78, 5) is 12.3. The van der Waals surface area contributed by atoms with Gasteiger partial charge in [-0.15, -0.1) is 0 Å². The van der Waals surface area contributed by atoms with Crippen LogP contribution in [0, 0.1) is 5.41 Å². The minimum absolute atomic E-state index is 0.306. The minimum Gasteiger partial charge on any atom is -0.478 e. The normalized spacial score (nSPS) is 18.3. The van der Waals surface area contributed by atoms with E-state index < -0.39 is 5.97 Å². The number of anilines is 1. The van der Waals surface area contributed by atoms with Gasteiger partial charge in [0.15, 0.2) is 0 Å². The van der Waals surface area contributed by atoms with E-state index in [9.17, 15) is 9.90 Å². The van der Waals surface area contributed by atoms with Gasteiger partial charge in [0.2, 0.25) is 0 Å². The number of benzene rings is 2. The highest BCUT2D eigenvalue weighted by molar-refractivity contribution is 6.12. The number of carbonyl (C=O) groups is 1. The Kier molecular flexibility index (Phi) is 5.55. The lowest BCUT2D eigenvalue weighted by atomic mass is 9.63. The van der Waals surface area contributed by atoms with Gasteiger partial charge in [-0.1, -0.05) is 45.4 Å². The molecule has 0 bridgehead atoms. The molecule has 0 saturated heterocycles. The molecule has 0 saturated carbocycles. The van der Waals surface area contributed by atoms with Crippen molar-refractivity contribution in [1.82, 2.24) is 0 Å². The van der Waals surface area contributed by atoms with Crippen LogP contribution in [0.3, 0.4) is 0 Å². The van der Waals surface area contributed by atoms with Gasteiger partial charge in [-0.2, -0.15) is 0 Å². The molecular formula is C30H32N2O2. The van der Waals surface area contributed by atoms with Gasteiger partial charge in [-0.3, -0.25) is 0 Å². The summed E-state index contributed by atoms with van der Waals surface area (Å²) in [6.45, 7) is 7.59. The van der Waals surface area contributed by atoms with E-state index in [1.165, 1.54) is 16.8 Å². The van der Waals surface area contributed by atoms with Crippen molar-refractivity contribution in [3.05, 3.63) is 93.1 Å². The van der Waals surface area contributed by atoms with Crippen LogP contribution in [0.5, 0.6) is 0 Å². The molecule has 0 unspecified atom stereocenters. The molecule has 4 nitrogen and oxygen atoms in total. The van der Waals surface area contributed by atoms with E-state index in [1.807, 2.05) is 18.2 Å². The summed E-state index contributed by atoms with van der Waals surface area (Å²) < 4.78 is 0. The molecule has 0 atom stereocenters. The number of hydrogen-bond donors (Lipinski definition) is 3. The molecule has 2 aliphatic carbocycles. The first-order valence-corrected chi connectivity index (χ1v) is 12.3. The van der Waals surface area contributed by atoms with Crippen LogP contribution in [0.25, 0.3) is 5.57 Å². The minimum atomic E-state index is -0.918. The van der Waals surface area contributed by atoms with Crippen molar-refractivity contribution in [2.75, 3.05) is 11.9 Å². The first-order valence-electron chi connectivity index (χ1n) is 12.3. The van der Waals surface area contributed by atoms with Crippen LogP contribution in [-0.4, -0.2) is 23.3 Å². The molecule has 0 fully saturated rings. The van der Waals surface area contributed by atoms with Crippen molar-refractivity contribution in [3.63, 3.8) is 0 Å². The standard InChI is InChI=1S/C30H32N2O2/c1-4-5-9-18-14-22-24(16-26(18)31)30(2,3)25-17-27-19(10-8-13-32-27)15-23(25)28(22)20-11-6-7-12-21(20)29(33)34/h6-7,11-12,14-17,31-32H,4-5,8-10,13H2,1-3H3,(H,33,34). The van der Waals surface area contributed by atoms with E-state index in [4.69, 9.17) is 5.41 Å². The first-order chi connectivity index (χ1) is 16.3. The van der Waals surface area contributed by atoms with Crippen LogP contribution in [0.2, 0.25) is 0 Å². The van der Waals surface area contributed by atoms with Gasteiger partial charge in [-0.25, -0.2) is 4.79 Å². The third-order valence-corrected chi connectivity index (χ3v) is 7.54. The molecule has 3 N–H and O–H groups in total. The molecular weight excluding hydrogens is 420 g/mol. The summed E-state index contributed by atoms with van der Waals surface area (Å²) in [6, 6.07) is 11.9. The molecule has 1 aliphatic heterocycles. The zero-order chi connectivity index (χ0) is 24.0. The number of unbranched alkanes of at least 4 members (excludes halogenated alkanes) is 1. The summed E-state index contributed by atoms with van der Waals surface area (Å²) in [5.41, 5.74) is 10.3. The third kappa shape index (κ3) is 3.53. The molecule has 4 heteroatoms. The van der Waals surface area contributed by atoms with E-state index in [1.54, 1.807) is 12.1 Å². The molecule has 0 spiro atoms. The van der Waals surface area contributed by atoms with Gasteiger partial charge in [-0.05, 0) is 101 Å². The van der Waals surface area contributed by atoms with E-state index in [2.05, 4.69) is 44.3 Å². The SMILES string of the molecule is CCCCC1=CC2=C(c3ccccc3C(=O)O)c3cc4c(cc3C(C)(C)C2=CC1=N)NCCC4. The number of allylic oxidation sites excluding steroid dienone is 5. The van der Waals surface area contributed by atoms with E-state index >= 15 is 0 Å². The Hall–Kier alpha value is -3.40. The maximum absolute atomic E-state index is 12.3. The lowest BCUT2D eigenvalue weighted by Gasteiger charge is -2.41. The third-order valence-electron chi connectivity index (χ3n) is 7.54. The topological polar surface area (TPSA) is 73.2 Å². The maximum atomic E-state index is 12.3. The van der Waals surface area contributed by atoms with E-state index in [0.29, 0.717) is 11.3 Å². The quantitative estimate of drug-likeness (QED) is 0.461. The Labute approximate surface area is 201 Å². The summed E-state index contributed by atoms with van der Waals surface area (Å²) in [5, 5.41) is 22.4. The van der Waals surface area contributed by atoms with Crippen LogP contribution in [0.4, 0.5) is 5.69 Å². The molecule has 0 aromatic heterocycles. The van der Waals surface area contributed by atoms with E-state index in [0.717, 1.165) is 72.1 Å². The number of aryl methyl sites for hydroxylation is 1. The molecule has 0 radical (unpaired) electrons. The van der Waals surface area contributed by atoms with Crippen molar-refractivity contribution in [2.24, 2.45) is 0 Å². The monoisotopic (exact) mass is 452 g/mol. The Morgan fingerprint density at radius 3 is 2.71 bits per heavy atom. The predicted molar refractivity (Wildman–Crippen MR) is 139 cm³/mol. The summed E-state index contributed by atoms with van der Waals surface area (Å²) in [7, 11) is 0. The average Bonchev–Trinajstić information content (AvgIpc) is 2.83. The van der Waals surface area contributed by atoms with Gasteiger partial charge in [0.25, 0.3) is 0 Å². The largest absolute Gasteiger partial charge is 0.478 e. The lowest BCUT2D eigenvalue weighted by molar-refractivity contribution is 0.0696. The van der Waals surface area contributed by atoms with E-state index in [-0.39, 0.29) is 5.41 Å². The van der Waals surface area contributed by atoms with Crippen molar-refractivity contribution in [2.45, 2.75) is 58.3 Å². The molecule has 1 heterocycles. The maximum Gasteiger partial charge on any atom is 0.336 e. The van der Waals surface area contributed by atoms with Crippen LogP contribution in [0.15, 0.2) is 65.3 Å². The van der Waals surface area contributed by atoms with Crippen molar-refractivity contribution >= 4 is 22.9 Å². The van der Waals surface area contributed by atoms with Gasteiger partial charge >= 0.3 is 5.97 Å². The molecule has 34 heavy (non-hydrogen) atoms. The highest BCUT2D eigenvalue weighted by Gasteiger charge is 2.40. The molecule has 174 valence electrons. The Balaban J connectivity index is 1.87. The van der Waals surface area contributed by atoms with Gasteiger partial charge < -0.3 is 15.8 Å². The Morgan fingerprint density at radius 1 is 1.15 bits per heavy atom. The molecule has 5 rings (SSSR count). The fourth-order valence-electron chi connectivity index (χ4n) is 5.65. The highest BCUT2D eigenvalue weighted by atomic mass is 16.4. The van der Waals surface area contributed by atoms with Gasteiger partial charge in [0, 0.05) is 17.6 Å². The Bertz CT molecular complexity index is 1310. The van der Waals surface area contributed by atoms with Crippen LogP contribution < -0.4 is 5.32 Å². The number of rotatable bonds is 5. The van der Waals surface area contributed by atoms with Crippen molar-refractivity contribution in [1.29, 1.82) is 5.41 Å². The van der Waals surface area contributed by atoms with Crippen LogP contribution in [0.1, 0.15) is 79.1 Å².